The molecule has 1 N–H and O–H groups in total. The predicted octanol–water partition coefficient (Wildman–Crippen LogP) is 2.83. The molecule has 4 aromatic heterocycles. The zero-order valence-electron chi connectivity index (χ0n) is 17.4. The van der Waals surface area contributed by atoms with Crippen LogP contribution in [0, 0.1) is 6.92 Å². The summed E-state index contributed by atoms with van der Waals surface area (Å²) in [6.07, 6.45) is 3.35. The maximum absolute atomic E-state index is 12.9. The second-order valence-corrected chi connectivity index (χ2v) is 8.06. The topological polar surface area (TPSA) is 130 Å². The highest BCUT2D eigenvalue weighted by Crippen LogP contribution is 2.26. The first kappa shape index (κ1) is 22.0. The average Bonchev–Trinajstić information content (AvgIpc) is 3.37. The third kappa shape index (κ3) is 4.82. The van der Waals surface area contributed by atoms with Crippen molar-refractivity contribution >= 4 is 45.2 Å². The molecule has 0 spiro atoms. The second kappa shape index (κ2) is 9.51. The molecular weight excluding hydrogens is 456 g/mol. The molecular formula is C19H19ClN8O3S. The number of ether oxygens (including phenoxy) is 2. The molecule has 0 aromatic carbocycles. The molecule has 0 aliphatic heterocycles. The molecule has 166 valence electrons. The molecule has 4 rings (SSSR count). The van der Waals surface area contributed by atoms with E-state index in [1.807, 2.05) is 13.8 Å². The van der Waals surface area contributed by atoms with Gasteiger partial charge in [-0.15, -0.1) is 0 Å². The van der Waals surface area contributed by atoms with Crippen molar-refractivity contribution in [3.05, 3.63) is 41.7 Å². The van der Waals surface area contributed by atoms with Crippen molar-refractivity contribution in [2.75, 3.05) is 11.9 Å². The van der Waals surface area contributed by atoms with Crippen LogP contribution in [0.4, 0.5) is 5.13 Å². The number of halogens is 1. The summed E-state index contributed by atoms with van der Waals surface area (Å²) in [5.41, 5.74) is 0.430. The van der Waals surface area contributed by atoms with E-state index in [0.717, 1.165) is 11.5 Å². The highest BCUT2D eigenvalue weighted by Gasteiger charge is 2.25. The lowest BCUT2D eigenvalue weighted by atomic mass is 10.3. The quantitative estimate of drug-likeness (QED) is 0.409. The first-order valence-electron chi connectivity index (χ1n) is 9.61. The van der Waals surface area contributed by atoms with Crippen LogP contribution in [0.3, 0.4) is 0 Å². The molecule has 1 unspecified atom stereocenters. The number of aromatic nitrogens is 7. The lowest BCUT2D eigenvalue weighted by molar-refractivity contribution is -0.126. The van der Waals surface area contributed by atoms with Gasteiger partial charge in [-0.1, -0.05) is 11.6 Å². The maximum atomic E-state index is 12.9. The van der Waals surface area contributed by atoms with Crippen LogP contribution in [-0.4, -0.2) is 58.8 Å². The Morgan fingerprint density at radius 2 is 2.16 bits per heavy atom. The van der Waals surface area contributed by atoms with Crippen LogP contribution >= 0.6 is 23.1 Å². The van der Waals surface area contributed by atoms with E-state index in [-0.39, 0.29) is 18.6 Å². The molecule has 0 saturated carbocycles. The summed E-state index contributed by atoms with van der Waals surface area (Å²) in [6, 6.07) is 3.42. The van der Waals surface area contributed by atoms with E-state index in [1.54, 1.807) is 25.3 Å². The van der Waals surface area contributed by atoms with Gasteiger partial charge < -0.3 is 9.47 Å². The van der Waals surface area contributed by atoms with Crippen molar-refractivity contribution in [3.63, 3.8) is 0 Å². The summed E-state index contributed by atoms with van der Waals surface area (Å²) < 4.78 is 17.1. The Labute approximate surface area is 192 Å². The number of anilines is 1. The van der Waals surface area contributed by atoms with Crippen molar-refractivity contribution in [2.24, 2.45) is 0 Å². The summed E-state index contributed by atoms with van der Waals surface area (Å²) in [5, 5.41) is 8.30. The van der Waals surface area contributed by atoms with E-state index in [2.05, 4.69) is 34.7 Å². The van der Waals surface area contributed by atoms with E-state index in [4.69, 9.17) is 21.1 Å². The third-order valence-corrected chi connectivity index (χ3v) is 5.17. The number of hydrogen-bond donors (Lipinski definition) is 1. The van der Waals surface area contributed by atoms with Crippen LogP contribution in [0.25, 0.3) is 16.9 Å². The van der Waals surface area contributed by atoms with Gasteiger partial charge in [0.2, 0.25) is 17.1 Å². The summed E-state index contributed by atoms with van der Waals surface area (Å²) in [6.45, 7) is 5.48. The zero-order chi connectivity index (χ0) is 22.7. The number of amides is 1. The SMILES string of the molecule is Cc1nsc(NC(=O)C(COC(C)C)Oc2ncnc3c2cnn3-c2ncccc2Cl)n1. The Hall–Kier alpha value is -3.22. The summed E-state index contributed by atoms with van der Waals surface area (Å²) >= 11 is 7.34. The van der Waals surface area contributed by atoms with Crippen molar-refractivity contribution in [2.45, 2.75) is 33.0 Å². The van der Waals surface area contributed by atoms with E-state index in [1.165, 1.54) is 17.2 Å². The number of carbonyl (C=O) groups excluding carboxylic acids is 1. The molecule has 4 aromatic rings. The number of nitrogens with one attached hydrogen (secondary N) is 1. The number of fused-ring (bicyclic) bond motifs is 1. The van der Waals surface area contributed by atoms with Gasteiger partial charge in [0.25, 0.3) is 5.91 Å². The van der Waals surface area contributed by atoms with Crippen LogP contribution < -0.4 is 10.1 Å². The second-order valence-electron chi connectivity index (χ2n) is 6.91. The minimum atomic E-state index is -0.999. The van der Waals surface area contributed by atoms with Crippen LogP contribution in [0.1, 0.15) is 19.7 Å². The molecule has 1 amide bonds. The zero-order valence-corrected chi connectivity index (χ0v) is 19.0. The van der Waals surface area contributed by atoms with Gasteiger partial charge in [-0.3, -0.25) is 10.1 Å². The van der Waals surface area contributed by atoms with Crippen molar-refractivity contribution < 1.29 is 14.3 Å². The van der Waals surface area contributed by atoms with Gasteiger partial charge in [0.05, 0.1) is 23.9 Å². The molecule has 0 aliphatic rings. The Morgan fingerprint density at radius 1 is 1.31 bits per heavy atom. The minimum Gasteiger partial charge on any atom is -0.461 e. The normalized spacial score (nSPS) is 12.3. The summed E-state index contributed by atoms with van der Waals surface area (Å²) in [7, 11) is 0. The standard InChI is InChI=1S/C19H19ClN8O3S/c1-10(2)30-8-14(17(29)26-19-25-11(3)27-32-19)31-18-12-7-24-28(15(12)22-9-23-18)16-13(20)5-4-6-21-16/h4-7,9-10,14H,8H2,1-3H3,(H,25,26,27,29). The van der Waals surface area contributed by atoms with E-state index >= 15 is 0 Å². The molecule has 13 heteroatoms. The number of nitrogens with zero attached hydrogens (tertiary/aromatic N) is 7. The predicted molar refractivity (Wildman–Crippen MR) is 118 cm³/mol. The summed E-state index contributed by atoms with van der Waals surface area (Å²) in [5.74, 6) is 0.722. The Bertz CT molecular complexity index is 1240. The molecule has 4 heterocycles. The molecule has 0 aliphatic carbocycles. The van der Waals surface area contributed by atoms with Crippen LogP contribution in [0.15, 0.2) is 30.9 Å². The first-order chi connectivity index (χ1) is 15.4. The third-order valence-electron chi connectivity index (χ3n) is 4.15. The smallest absolute Gasteiger partial charge is 0.269 e. The average molecular weight is 475 g/mol. The van der Waals surface area contributed by atoms with Gasteiger partial charge in [-0.05, 0) is 32.9 Å². The van der Waals surface area contributed by atoms with Crippen molar-refractivity contribution in [3.8, 4) is 11.7 Å². The molecule has 1 atom stereocenters. The summed E-state index contributed by atoms with van der Waals surface area (Å²) in [4.78, 5) is 29.8. The van der Waals surface area contributed by atoms with Gasteiger partial charge in [0, 0.05) is 17.7 Å². The molecule has 32 heavy (non-hydrogen) atoms. The fourth-order valence-corrected chi connectivity index (χ4v) is 3.50. The van der Waals surface area contributed by atoms with E-state index < -0.39 is 12.0 Å². The number of aryl methyl sites for hydroxylation is 1. The minimum absolute atomic E-state index is 0.00693. The van der Waals surface area contributed by atoms with Crippen LogP contribution in [0.5, 0.6) is 5.88 Å². The lowest BCUT2D eigenvalue weighted by Crippen LogP contribution is -2.38. The number of pyridine rings is 1. The van der Waals surface area contributed by atoms with Gasteiger partial charge in [0.1, 0.15) is 17.5 Å². The highest BCUT2D eigenvalue weighted by atomic mass is 35.5. The first-order valence-corrected chi connectivity index (χ1v) is 10.8. The molecule has 0 bridgehead atoms. The van der Waals surface area contributed by atoms with Crippen molar-refractivity contribution in [1.29, 1.82) is 0 Å². The molecule has 0 saturated heterocycles. The Balaban J connectivity index is 1.63. The number of hydrogen-bond acceptors (Lipinski definition) is 10. The maximum Gasteiger partial charge on any atom is 0.269 e. The molecule has 11 nitrogen and oxygen atoms in total. The molecule has 0 radical (unpaired) electrons. The highest BCUT2D eigenvalue weighted by molar-refractivity contribution is 7.09. The number of rotatable bonds is 8. The largest absolute Gasteiger partial charge is 0.461 e. The van der Waals surface area contributed by atoms with Gasteiger partial charge in [-0.25, -0.2) is 19.9 Å². The van der Waals surface area contributed by atoms with Crippen LogP contribution in [-0.2, 0) is 9.53 Å². The lowest BCUT2D eigenvalue weighted by Gasteiger charge is -2.19. The fraction of sp³-hybridized carbons (Fsp3) is 0.316. The Morgan fingerprint density at radius 3 is 2.88 bits per heavy atom. The van der Waals surface area contributed by atoms with Crippen molar-refractivity contribution in [1.82, 2.24) is 34.1 Å². The fourth-order valence-electron chi connectivity index (χ4n) is 2.72. The van der Waals surface area contributed by atoms with E-state index in [9.17, 15) is 4.79 Å². The van der Waals surface area contributed by atoms with E-state index in [0.29, 0.717) is 32.8 Å². The van der Waals surface area contributed by atoms with Gasteiger partial charge in [-0.2, -0.15) is 14.2 Å². The van der Waals surface area contributed by atoms with Crippen LogP contribution in [0.2, 0.25) is 5.02 Å². The van der Waals surface area contributed by atoms with Gasteiger partial charge >= 0.3 is 0 Å². The monoisotopic (exact) mass is 474 g/mol. The molecule has 0 fully saturated rings. The Kier molecular flexibility index (Phi) is 6.53. The number of carbonyl (C=O) groups is 1. The van der Waals surface area contributed by atoms with Gasteiger partial charge in [0.15, 0.2) is 11.5 Å².